The molecule has 2 aromatic rings. The molecule has 0 aliphatic carbocycles. The maximum absolute atomic E-state index is 12.0. The second kappa shape index (κ2) is 6.10. The number of furan rings is 1. The summed E-state index contributed by atoms with van der Waals surface area (Å²) in [5, 5.41) is 4.50. The van der Waals surface area contributed by atoms with Crippen LogP contribution in [0.4, 0.5) is 0 Å². The van der Waals surface area contributed by atoms with Crippen LogP contribution in [0.3, 0.4) is 0 Å². The van der Waals surface area contributed by atoms with E-state index >= 15 is 0 Å². The third-order valence-corrected chi connectivity index (χ3v) is 5.23. The Hall–Kier alpha value is -1.13. The van der Waals surface area contributed by atoms with Crippen molar-refractivity contribution in [2.24, 2.45) is 0 Å². The average molecular weight is 293 g/mol. The predicted octanol–water partition coefficient (Wildman–Crippen LogP) is 3.63. The van der Waals surface area contributed by atoms with Gasteiger partial charge in [0.2, 0.25) is 0 Å². The standard InChI is InChI=1S/C16H23NO2S/c1-12(17-9-10-20(18)16(2,3)4)15-11-13-7-5-6-8-14(13)19-15/h5-8,11-12,17H,9-10H2,1-4H3/t12-,20+/m0/s1. The Morgan fingerprint density at radius 2 is 2.00 bits per heavy atom. The highest BCUT2D eigenvalue weighted by atomic mass is 32.2. The van der Waals surface area contributed by atoms with Gasteiger partial charge in [-0.2, -0.15) is 0 Å². The molecule has 0 bridgehead atoms. The van der Waals surface area contributed by atoms with E-state index in [1.54, 1.807) is 0 Å². The summed E-state index contributed by atoms with van der Waals surface area (Å²) in [7, 11) is -0.818. The van der Waals surface area contributed by atoms with Crippen LogP contribution < -0.4 is 5.32 Å². The third-order valence-electron chi connectivity index (χ3n) is 3.29. The predicted molar refractivity (Wildman–Crippen MR) is 85.4 cm³/mol. The van der Waals surface area contributed by atoms with E-state index in [1.165, 1.54) is 0 Å². The molecule has 0 fully saturated rings. The molecule has 0 unspecified atom stereocenters. The van der Waals surface area contributed by atoms with E-state index < -0.39 is 10.8 Å². The Morgan fingerprint density at radius 1 is 1.30 bits per heavy atom. The molecule has 4 heteroatoms. The van der Waals surface area contributed by atoms with E-state index in [0.29, 0.717) is 5.75 Å². The highest BCUT2D eigenvalue weighted by Crippen LogP contribution is 2.23. The fourth-order valence-corrected chi connectivity index (χ4v) is 2.91. The van der Waals surface area contributed by atoms with Gasteiger partial charge in [-0.25, -0.2) is 0 Å². The number of rotatable bonds is 5. The molecule has 2 atom stereocenters. The number of fused-ring (bicyclic) bond motifs is 1. The summed E-state index contributed by atoms with van der Waals surface area (Å²) in [6.07, 6.45) is 0. The SMILES string of the molecule is C[C@H](NCC[S@@](=O)C(C)(C)C)c1cc2ccccc2o1. The molecule has 0 aliphatic heterocycles. The van der Waals surface area contributed by atoms with Gasteiger partial charge in [-0.05, 0) is 39.8 Å². The minimum absolute atomic E-state index is 0.124. The minimum atomic E-state index is -0.818. The van der Waals surface area contributed by atoms with E-state index in [4.69, 9.17) is 4.42 Å². The third kappa shape index (κ3) is 3.70. The first-order valence-electron chi connectivity index (χ1n) is 6.98. The molecule has 0 amide bonds. The molecule has 1 aromatic carbocycles. The summed E-state index contributed by atoms with van der Waals surface area (Å²) >= 11 is 0. The van der Waals surface area contributed by atoms with Crippen LogP contribution in [-0.4, -0.2) is 21.3 Å². The van der Waals surface area contributed by atoms with Crippen LogP contribution in [0.5, 0.6) is 0 Å². The number of nitrogens with one attached hydrogen (secondary N) is 1. The maximum Gasteiger partial charge on any atom is 0.134 e. The molecule has 110 valence electrons. The van der Waals surface area contributed by atoms with E-state index in [2.05, 4.69) is 18.3 Å². The molecule has 0 saturated heterocycles. The number of para-hydroxylation sites is 1. The lowest BCUT2D eigenvalue weighted by molar-refractivity contribution is 0.459. The number of benzene rings is 1. The van der Waals surface area contributed by atoms with Gasteiger partial charge in [-0.1, -0.05) is 18.2 Å². The van der Waals surface area contributed by atoms with Crippen molar-refractivity contribution in [3.63, 3.8) is 0 Å². The first kappa shape index (κ1) is 15.3. The number of hydrogen-bond acceptors (Lipinski definition) is 3. The van der Waals surface area contributed by atoms with Crippen molar-refractivity contribution in [2.75, 3.05) is 12.3 Å². The number of hydrogen-bond donors (Lipinski definition) is 1. The summed E-state index contributed by atoms with van der Waals surface area (Å²) in [6, 6.07) is 10.2. The molecule has 1 N–H and O–H groups in total. The van der Waals surface area contributed by atoms with Gasteiger partial charge in [0.1, 0.15) is 11.3 Å². The Balaban J connectivity index is 1.92. The largest absolute Gasteiger partial charge is 0.459 e. The van der Waals surface area contributed by atoms with Crippen LogP contribution in [0.15, 0.2) is 34.7 Å². The Kier molecular flexibility index (Phi) is 4.66. The van der Waals surface area contributed by atoms with Gasteiger partial charge in [0.15, 0.2) is 0 Å². The molecular weight excluding hydrogens is 270 g/mol. The average Bonchev–Trinajstić information content (AvgIpc) is 2.81. The van der Waals surface area contributed by atoms with Crippen molar-refractivity contribution in [1.29, 1.82) is 0 Å². The van der Waals surface area contributed by atoms with Gasteiger partial charge in [0.05, 0.1) is 6.04 Å². The molecule has 1 aromatic heterocycles. The Morgan fingerprint density at radius 3 is 2.65 bits per heavy atom. The maximum atomic E-state index is 12.0. The summed E-state index contributed by atoms with van der Waals surface area (Å²) in [5.41, 5.74) is 0.911. The normalized spacial score (nSPS) is 15.4. The Labute approximate surface area is 123 Å². The van der Waals surface area contributed by atoms with Gasteiger partial charge in [-0.3, -0.25) is 4.21 Å². The van der Waals surface area contributed by atoms with Crippen LogP contribution >= 0.6 is 0 Å². The topological polar surface area (TPSA) is 42.2 Å². The van der Waals surface area contributed by atoms with Gasteiger partial charge < -0.3 is 9.73 Å². The van der Waals surface area contributed by atoms with Crippen molar-refractivity contribution in [3.8, 4) is 0 Å². The molecule has 0 saturated carbocycles. The second-order valence-electron chi connectivity index (χ2n) is 6.02. The molecule has 3 nitrogen and oxygen atoms in total. The zero-order valence-corrected chi connectivity index (χ0v) is 13.4. The molecule has 20 heavy (non-hydrogen) atoms. The summed E-state index contributed by atoms with van der Waals surface area (Å²) in [4.78, 5) is 0. The lowest BCUT2D eigenvalue weighted by atomic mass is 10.2. The fraction of sp³-hybridized carbons (Fsp3) is 0.500. The van der Waals surface area contributed by atoms with Crippen LogP contribution in [0.25, 0.3) is 11.0 Å². The van der Waals surface area contributed by atoms with Crippen molar-refractivity contribution < 1.29 is 8.63 Å². The van der Waals surface area contributed by atoms with Crippen molar-refractivity contribution in [2.45, 2.75) is 38.5 Å². The van der Waals surface area contributed by atoms with Crippen LogP contribution in [-0.2, 0) is 10.8 Å². The molecule has 2 rings (SSSR count). The monoisotopic (exact) mass is 293 g/mol. The smallest absolute Gasteiger partial charge is 0.134 e. The fourth-order valence-electron chi connectivity index (χ4n) is 1.99. The van der Waals surface area contributed by atoms with E-state index in [9.17, 15) is 4.21 Å². The molecule has 0 aliphatic rings. The minimum Gasteiger partial charge on any atom is -0.459 e. The lowest BCUT2D eigenvalue weighted by Gasteiger charge is -2.18. The second-order valence-corrected chi connectivity index (χ2v) is 8.35. The zero-order valence-electron chi connectivity index (χ0n) is 12.6. The molecular formula is C16H23NO2S. The quantitative estimate of drug-likeness (QED) is 0.915. The van der Waals surface area contributed by atoms with Crippen molar-refractivity contribution in [3.05, 3.63) is 36.1 Å². The van der Waals surface area contributed by atoms with Gasteiger partial charge in [-0.15, -0.1) is 0 Å². The van der Waals surface area contributed by atoms with E-state index in [-0.39, 0.29) is 10.8 Å². The highest BCUT2D eigenvalue weighted by Gasteiger charge is 2.19. The van der Waals surface area contributed by atoms with E-state index in [1.807, 2.05) is 45.0 Å². The highest BCUT2D eigenvalue weighted by molar-refractivity contribution is 7.86. The van der Waals surface area contributed by atoms with Crippen LogP contribution in [0.2, 0.25) is 0 Å². The lowest BCUT2D eigenvalue weighted by Crippen LogP contribution is -2.30. The Bertz CT molecular complexity index is 565. The van der Waals surface area contributed by atoms with E-state index in [0.717, 1.165) is 23.3 Å². The summed E-state index contributed by atoms with van der Waals surface area (Å²) < 4.78 is 17.6. The van der Waals surface area contributed by atoms with Gasteiger partial charge in [0, 0.05) is 33.2 Å². The van der Waals surface area contributed by atoms with Crippen LogP contribution in [0.1, 0.15) is 39.5 Å². The van der Waals surface area contributed by atoms with Gasteiger partial charge >= 0.3 is 0 Å². The first-order chi connectivity index (χ1) is 9.38. The van der Waals surface area contributed by atoms with Crippen molar-refractivity contribution in [1.82, 2.24) is 5.32 Å². The molecule has 0 radical (unpaired) electrons. The van der Waals surface area contributed by atoms with Gasteiger partial charge in [0.25, 0.3) is 0 Å². The first-order valence-corrected chi connectivity index (χ1v) is 8.30. The van der Waals surface area contributed by atoms with Crippen molar-refractivity contribution >= 4 is 21.8 Å². The summed E-state index contributed by atoms with van der Waals surface area (Å²) in [5.74, 6) is 1.58. The van der Waals surface area contributed by atoms with Crippen LogP contribution in [0, 0.1) is 0 Å². The molecule has 0 spiro atoms. The zero-order chi connectivity index (χ0) is 14.8. The summed E-state index contributed by atoms with van der Waals surface area (Å²) in [6.45, 7) is 8.81. The molecule has 1 heterocycles.